The van der Waals surface area contributed by atoms with Crippen LogP contribution in [0.15, 0.2) is 22.9 Å². The highest BCUT2D eigenvalue weighted by molar-refractivity contribution is 9.10. The molecule has 0 saturated carbocycles. The Hall–Kier alpha value is -1.23. The largest absolute Gasteiger partial charge is 0.278 e. The van der Waals surface area contributed by atoms with Gasteiger partial charge in [-0.25, -0.2) is 4.98 Å². The fourth-order valence-corrected chi connectivity index (χ4v) is 1.76. The Morgan fingerprint density at radius 2 is 2.27 bits per heavy atom. The van der Waals surface area contributed by atoms with E-state index in [0.29, 0.717) is 23.1 Å². The fraction of sp³-hybridized carbons (Fsp3) is 0.300. The molecular formula is C10H9BrN2O2. The first kappa shape index (κ1) is 10.3. The number of amides is 2. The van der Waals surface area contributed by atoms with Crippen LogP contribution in [0.3, 0.4) is 0 Å². The molecular weight excluding hydrogens is 260 g/mol. The summed E-state index contributed by atoms with van der Waals surface area (Å²) in [5, 5.41) is 0. The van der Waals surface area contributed by atoms with Gasteiger partial charge < -0.3 is 0 Å². The summed E-state index contributed by atoms with van der Waals surface area (Å²) in [5.41, 5.74) is 0.452. The summed E-state index contributed by atoms with van der Waals surface area (Å²) in [6.07, 6.45) is 2.70. The molecule has 5 heteroatoms. The fourth-order valence-electron chi connectivity index (χ4n) is 1.52. The van der Waals surface area contributed by atoms with Crippen LogP contribution in [0.4, 0.5) is 0 Å². The van der Waals surface area contributed by atoms with Gasteiger partial charge in [-0.05, 0) is 34.5 Å². The average molecular weight is 269 g/mol. The first-order valence-electron chi connectivity index (χ1n) is 4.65. The van der Waals surface area contributed by atoms with Gasteiger partial charge in [0.2, 0.25) is 5.91 Å². The third-order valence-corrected chi connectivity index (χ3v) is 2.76. The number of likely N-dealkylation sites (tertiary alicyclic amines) is 1. The number of rotatable bonds is 1. The minimum Gasteiger partial charge on any atom is -0.278 e. The van der Waals surface area contributed by atoms with Gasteiger partial charge in [-0.15, -0.1) is 0 Å². The molecule has 1 aliphatic heterocycles. The van der Waals surface area contributed by atoms with E-state index in [1.54, 1.807) is 12.1 Å². The number of carbonyl (C=O) groups is 2. The van der Waals surface area contributed by atoms with Crippen molar-refractivity contribution >= 4 is 27.7 Å². The molecule has 0 bridgehead atoms. The maximum atomic E-state index is 11.8. The number of hydrogen-bond donors (Lipinski definition) is 0. The Labute approximate surface area is 95.4 Å². The number of hydrogen-bond acceptors (Lipinski definition) is 3. The minimum atomic E-state index is -0.252. The lowest BCUT2D eigenvalue weighted by molar-refractivity contribution is -0.125. The zero-order valence-corrected chi connectivity index (χ0v) is 9.53. The second-order valence-electron chi connectivity index (χ2n) is 3.32. The van der Waals surface area contributed by atoms with Crippen molar-refractivity contribution in [2.75, 3.05) is 6.54 Å². The van der Waals surface area contributed by atoms with Crippen LogP contribution in [0.25, 0.3) is 0 Å². The van der Waals surface area contributed by atoms with E-state index in [2.05, 4.69) is 20.9 Å². The summed E-state index contributed by atoms with van der Waals surface area (Å²) in [7, 11) is 0. The van der Waals surface area contributed by atoms with Crippen LogP contribution in [0.5, 0.6) is 0 Å². The van der Waals surface area contributed by atoms with Crippen molar-refractivity contribution in [2.24, 2.45) is 0 Å². The van der Waals surface area contributed by atoms with Crippen LogP contribution < -0.4 is 0 Å². The Kier molecular flexibility index (Phi) is 2.81. The SMILES string of the molecule is O=C1CCCN1C(=O)c1ccc(Br)nc1. The van der Waals surface area contributed by atoms with Crippen molar-refractivity contribution in [3.05, 3.63) is 28.5 Å². The molecule has 0 aromatic carbocycles. The molecule has 0 aliphatic carbocycles. The molecule has 78 valence electrons. The monoisotopic (exact) mass is 268 g/mol. The predicted octanol–water partition coefficient (Wildman–Crippen LogP) is 1.61. The number of nitrogens with zero attached hydrogens (tertiary/aromatic N) is 2. The highest BCUT2D eigenvalue weighted by atomic mass is 79.9. The maximum absolute atomic E-state index is 11.8. The predicted molar refractivity (Wildman–Crippen MR) is 57.2 cm³/mol. The molecule has 15 heavy (non-hydrogen) atoms. The van der Waals surface area contributed by atoms with Crippen LogP contribution in [0.2, 0.25) is 0 Å². The van der Waals surface area contributed by atoms with E-state index >= 15 is 0 Å². The smallest absolute Gasteiger partial charge is 0.262 e. The van der Waals surface area contributed by atoms with E-state index in [0.717, 1.165) is 6.42 Å². The van der Waals surface area contributed by atoms with Gasteiger partial charge in [0.05, 0.1) is 5.56 Å². The number of carbonyl (C=O) groups excluding carboxylic acids is 2. The number of halogens is 1. The zero-order valence-electron chi connectivity index (χ0n) is 7.94. The van der Waals surface area contributed by atoms with E-state index in [1.165, 1.54) is 11.1 Å². The number of aromatic nitrogens is 1. The summed E-state index contributed by atoms with van der Waals surface area (Å²) in [6.45, 7) is 0.522. The highest BCUT2D eigenvalue weighted by Gasteiger charge is 2.27. The second-order valence-corrected chi connectivity index (χ2v) is 4.14. The van der Waals surface area contributed by atoms with E-state index < -0.39 is 0 Å². The molecule has 2 rings (SSSR count). The Morgan fingerprint density at radius 1 is 1.47 bits per heavy atom. The molecule has 0 spiro atoms. The summed E-state index contributed by atoms with van der Waals surface area (Å²) >= 11 is 3.19. The van der Waals surface area contributed by atoms with Crippen LogP contribution in [-0.4, -0.2) is 28.2 Å². The first-order valence-corrected chi connectivity index (χ1v) is 5.44. The Morgan fingerprint density at radius 3 is 2.80 bits per heavy atom. The number of imide groups is 1. The second kappa shape index (κ2) is 4.10. The van der Waals surface area contributed by atoms with Gasteiger partial charge in [0.1, 0.15) is 4.60 Å². The lowest BCUT2D eigenvalue weighted by Gasteiger charge is -2.12. The third kappa shape index (κ3) is 2.07. The molecule has 0 atom stereocenters. The molecule has 0 radical (unpaired) electrons. The van der Waals surface area contributed by atoms with Crippen molar-refractivity contribution in [2.45, 2.75) is 12.8 Å². The molecule has 4 nitrogen and oxygen atoms in total. The van der Waals surface area contributed by atoms with Crippen molar-refractivity contribution in [1.82, 2.24) is 9.88 Å². The summed E-state index contributed by atoms with van der Waals surface area (Å²) in [6, 6.07) is 3.35. The minimum absolute atomic E-state index is 0.0945. The van der Waals surface area contributed by atoms with Crippen molar-refractivity contribution in [3.63, 3.8) is 0 Å². The summed E-state index contributed by atoms with van der Waals surface area (Å²) in [4.78, 5) is 28.4. The van der Waals surface area contributed by atoms with E-state index in [1.807, 2.05) is 0 Å². The van der Waals surface area contributed by atoms with Gasteiger partial charge in [0.15, 0.2) is 0 Å². The van der Waals surface area contributed by atoms with Gasteiger partial charge in [0.25, 0.3) is 5.91 Å². The summed E-state index contributed by atoms with van der Waals surface area (Å²) in [5.74, 6) is -0.347. The Bertz CT molecular complexity index is 402. The molecule has 2 amide bonds. The van der Waals surface area contributed by atoms with E-state index in [4.69, 9.17) is 0 Å². The van der Waals surface area contributed by atoms with Crippen LogP contribution in [-0.2, 0) is 4.79 Å². The van der Waals surface area contributed by atoms with Gasteiger partial charge >= 0.3 is 0 Å². The quantitative estimate of drug-likeness (QED) is 0.575. The first-order chi connectivity index (χ1) is 7.18. The molecule has 1 fully saturated rings. The molecule has 1 aliphatic rings. The molecule has 1 saturated heterocycles. The van der Waals surface area contributed by atoms with E-state index in [9.17, 15) is 9.59 Å². The molecule has 1 aromatic rings. The number of pyridine rings is 1. The van der Waals surface area contributed by atoms with Crippen LogP contribution in [0.1, 0.15) is 23.2 Å². The molecule has 1 aromatic heterocycles. The topological polar surface area (TPSA) is 50.3 Å². The maximum Gasteiger partial charge on any atom is 0.262 e. The standard InChI is InChI=1S/C10H9BrN2O2/c11-8-4-3-7(6-12-8)10(15)13-5-1-2-9(13)14/h3-4,6H,1-2,5H2. The van der Waals surface area contributed by atoms with Crippen LogP contribution in [0, 0.1) is 0 Å². The van der Waals surface area contributed by atoms with Crippen molar-refractivity contribution in [1.29, 1.82) is 0 Å². The molecule has 0 N–H and O–H groups in total. The van der Waals surface area contributed by atoms with Gasteiger partial charge in [0, 0.05) is 19.2 Å². The lowest BCUT2D eigenvalue weighted by Crippen LogP contribution is -2.31. The molecule has 2 heterocycles. The zero-order chi connectivity index (χ0) is 10.8. The summed E-state index contributed by atoms with van der Waals surface area (Å²) < 4.78 is 0.673. The normalized spacial score (nSPS) is 15.8. The average Bonchev–Trinajstić information content (AvgIpc) is 2.65. The van der Waals surface area contributed by atoms with Crippen LogP contribution >= 0.6 is 15.9 Å². The third-order valence-electron chi connectivity index (χ3n) is 2.29. The Balaban J connectivity index is 2.20. The molecule has 0 unspecified atom stereocenters. The van der Waals surface area contributed by atoms with Crippen molar-refractivity contribution in [3.8, 4) is 0 Å². The highest BCUT2D eigenvalue weighted by Crippen LogP contribution is 2.14. The van der Waals surface area contributed by atoms with Gasteiger partial charge in [-0.3, -0.25) is 14.5 Å². The van der Waals surface area contributed by atoms with E-state index in [-0.39, 0.29) is 11.8 Å². The lowest BCUT2D eigenvalue weighted by atomic mass is 10.2. The van der Waals surface area contributed by atoms with Crippen molar-refractivity contribution < 1.29 is 9.59 Å². The van der Waals surface area contributed by atoms with Gasteiger partial charge in [-0.1, -0.05) is 0 Å². The van der Waals surface area contributed by atoms with Gasteiger partial charge in [-0.2, -0.15) is 0 Å².